The van der Waals surface area contributed by atoms with Gasteiger partial charge in [-0.3, -0.25) is 9.69 Å². The molecule has 1 unspecified atom stereocenters. The summed E-state index contributed by atoms with van der Waals surface area (Å²) >= 11 is 0. The quantitative estimate of drug-likeness (QED) is 0.794. The van der Waals surface area contributed by atoms with Crippen LogP contribution in [0, 0.1) is 0 Å². The zero-order chi connectivity index (χ0) is 13.7. The highest BCUT2D eigenvalue weighted by Gasteiger charge is 2.34. The molecule has 0 radical (unpaired) electrons. The number of carbonyl (C=O) groups is 1. The molecule has 0 aromatic carbocycles. The fraction of sp³-hybridized carbons (Fsp3) is 0.933. The van der Waals surface area contributed by atoms with E-state index in [4.69, 9.17) is 4.74 Å². The molecule has 0 amide bonds. The molecule has 2 aliphatic rings. The fourth-order valence-corrected chi connectivity index (χ4v) is 3.07. The number of Topliss-reactive ketones (excluding diaryl/α,β-unsaturated/α-hetero) is 1. The monoisotopic (exact) mass is 268 g/mol. The van der Waals surface area contributed by atoms with Crippen LogP contribution < -0.4 is 5.32 Å². The number of ether oxygens (including phenoxy) is 1. The maximum atomic E-state index is 12.4. The fourth-order valence-electron chi connectivity index (χ4n) is 3.07. The van der Waals surface area contributed by atoms with Gasteiger partial charge in [0, 0.05) is 39.2 Å². The minimum atomic E-state index is -0.307. The van der Waals surface area contributed by atoms with Gasteiger partial charge in [-0.15, -0.1) is 0 Å². The molecule has 0 spiro atoms. The Kier molecular flexibility index (Phi) is 5.37. The lowest BCUT2D eigenvalue weighted by Gasteiger charge is -2.40. The predicted octanol–water partition coefficient (Wildman–Crippen LogP) is 1.59. The number of rotatable bonds is 6. The van der Waals surface area contributed by atoms with E-state index in [-0.39, 0.29) is 5.54 Å². The minimum Gasteiger partial charge on any atom is -0.378 e. The molecule has 110 valence electrons. The summed E-state index contributed by atoms with van der Waals surface area (Å²) in [5, 5.41) is 3.34. The van der Waals surface area contributed by atoms with Crippen LogP contribution in [0.3, 0.4) is 0 Å². The molecule has 2 heterocycles. The summed E-state index contributed by atoms with van der Waals surface area (Å²) in [6, 6.07) is 0. The van der Waals surface area contributed by atoms with E-state index in [1.807, 2.05) is 0 Å². The molecular weight excluding hydrogens is 240 g/mol. The molecule has 0 aromatic rings. The molecule has 0 aromatic heterocycles. The Balaban J connectivity index is 1.73. The minimum absolute atomic E-state index is 0.307. The van der Waals surface area contributed by atoms with Crippen LogP contribution in [0.4, 0.5) is 0 Å². The Labute approximate surface area is 116 Å². The largest absolute Gasteiger partial charge is 0.378 e. The first kappa shape index (κ1) is 14.9. The third-order valence-corrected chi connectivity index (χ3v) is 4.54. The predicted molar refractivity (Wildman–Crippen MR) is 76.4 cm³/mol. The second kappa shape index (κ2) is 6.82. The van der Waals surface area contributed by atoms with Crippen LogP contribution in [0.25, 0.3) is 0 Å². The van der Waals surface area contributed by atoms with E-state index in [0.717, 1.165) is 45.6 Å². The van der Waals surface area contributed by atoms with Crippen LogP contribution in [-0.4, -0.2) is 55.1 Å². The Hall–Kier alpha value is -0.450. The first-order valence-corrected chi connectivity index (χ1v) is 7.71. The Bertz CT molecular complexity index is 293. The van der Waals surface area contributed by atoms with E-state index >= 15 is 0 Å². The van der Waals surface area contributed by atoms with Gasteiger partial charge in [-0.1, -0.05) is 0 Å². The standard InChI is InChI=1S/C15H28N2O2/c1-15(2,17-10-8-16-9-11-17)14(18)7-3-5-13-6-4-12-19-13/h13,16H,3-12H2,1-2H3. The summed E-state index contributed by atoms with van der Waals surface area (Å²) in [5.74, 6) is 0.382. The molecule has 19 heavy (non-hydrogen) atoms. The van der Waals surface area contributed by atoms with Crippen molar-refractivity contribution in [3.05, 3.63) is 0 Å². The number of piperazine rings is 1. The number of hydrogen-bond donors (Lipinski definition) is 1. The molecule has 0 aliphatic carbocycles. The van der Waals surface area contributed by atoms with Gasteiger partial charge in [0.05, 0.1) is 11.6 Å². The maximum Gasteiger partial charge on any atom is 0.152 e. The van der Waals surface area contributed by atoms with Crippen LogP contribution in [0.5, 0.6) is 0 Å². The molecule has 1 N–H and O–H groups in total. The maximum absolute atomic E-state index is 12.4. The number of ketones is 1. The zero-order valence-electron chi connectivity index (χ0n) is 12.4. The van der Waals surface area contributed by atoms with Crippen molar-refractivity contribution in [2.75, 3.05) is 32.8 Å². The van der Waals surface area contributed by atoms with Gasteiger partial charge in [-0.05, 0) is 39.5 Å². The van der Waals surface area contributed by atoms with Crippen molar-refractivity contribution in [1.29, 1.82) is 0 Å². The van der Waals surface area contributed by atoms with Gasteiger partial charge in [0.15, 0.2) is 5.78 Å². The van der Waals surface area contributed by atoms with Crippen LogP contribution in [0.15, 0.2) is 0 Å². The Morgan fingerprint density at radius 1 is 1.37 bits per heavy atom. The molecule has 0 bridgehead atoms. The third-order valence-electron chi connectivity index (χ3n) is 4.54. The van der Waals surface area contributed by atoms with Crippen molar-refractivity contribution < 1.29 is 9.53 Å². The molecule has 2 fully saturated rings. The number of carbonyl (C=O) groups excluding carboxylic acids is 1. The van der Waals surface area contributed by atoms with Crippen molar-refractivity contribution in [1.82, 2.24) is 10.2 Å². The molecule has 0 saturated carbocycles. The number of nitrogens with zero attached hydrogens (tertiary/aromatic N) is 1. The Morgan fingerprint density at radius 2 is 2.11 bits per heavy atom. The first-order valence-electron chi connectivity index (χ1n) is 7.71. The smallest absolute Gasteiger partial charge is 0.152 e. The second-order valence-corrected chi connectivity index (χ2v) is 6.25. The van der Waals surface area contributed by atoms with Gasteiger partial charge in [-0.25, -0.2) is 0 Å². The molecule has 1 atom stereocenters. The summed E-state index contributed by atoms with van der Waals surface area (Å²) in [6.07, 6.45) is 5.48. The highest BCUT2D eigenvalue weighted by atomic mass is 16.5. The molecule has 2 aliphatic heterocycles. The number of nitrogens with one attached hydrogen (secondary N) is 1. The van der Waals surface area contributed by atoms with Crippen molar-refractivity contribution >= 4 is 5.78 Å². The normalized spacial score (nSPS) is 25.7. The van der Waals surface area contributed by atoms with Gasteiger partial charge < -0.3 is 10.1 Å². The van der Waals surface area contributed by atoms with Crippen LogP contribution >= 0.6 is 0 Å². The van der Waals surface area contributed by atoms with Crippen molar-refractivity contribution in [2.45, 2.75) is 57.6 Å². The molecular formula is C15H28N2O2. The van der Waals surface area contributed by atoms with Gasteiger partial charge in [0.25, 0.3) is 0 Å². The third kappa shape index (κ3) is 4.01. The van der Waals surface area contributed by atoms with Crippen molar-refractivity contribution in [3.8, 4) is 0 Å². The highest BCUT2D eigenvalue weighted by molar-refractivity contribution is 5.87. The van der Waals surface area contributed by atoms with Crippen molar-refractivity contribution in [3.63, 3.8) is 0 Å². The van der Waals surface area contributed by atoms with E-state index < -0.39 is 0 Å². The van der Waals surface area contributed by atoms with Crippen molar-refractivity contribution in [2.24, 2.45) is 0 Å². The van der Waals surface area contributed by atoms with Crippen LogP contribution in [0.2, 0.25) is 0 Å². The van der Waals surface area contributed by atoms with Gasteiger partial charge in [-0.2, -0.15) is 0 Å². The zero-order valence-corrected chi connectivity index (χ0v) is 12.4. The summed E-state index contributed by atoms with van der Waals surface area (Å²) in [6.45, 7) is 9.00. The van der Waals surface area contributed by atoms with Gasteiger partial charge in [0.2, 0.25) is 0 Å². The molecule has 2 saturated heterocycles. The molecule has 2 rings (SSSR count). The average Bonchev–Trinajstić information content (AvgIpc) is 2.93. The summed E-state index contributed by atoms with van der Waals surface area (Å²) in [5.41, 5.74) is -0.307. The average molecular weight is 268 g/mol. The number of hydrogen-bond acceptors (Lipinski definition) is 4. The van der Waals surface area contributed by atoms with Gasteiger partial charge >= 0.3 is 0 Å². The lowest BCUT2D eigenvalue weighted by molar-refractivity contribution is -0.130. The van der Waals surface area contributed by atoms with E-state index in [2.05, 4.69) is 24.1 Å². The summed E-state index contributed by atoms with van der Waals surface area (Å²) in [4.78, 5) is 14.8. The van der Waals surface area contributed by atoms with E-state index in [1.54, 1.807) is 0 Å². The van der Waals surface area contributed by atoms with Crippen LogP contribution in [0.1, 0.15) is 46.0 Å². The SMILES string of the molecule is CC(C)(C(=O)CCCC1CCCO1)N1CCNCC1. The molecule has 4 nitrogen and oxygen atoms in total. The summed E-state index contributed by atoms with van der Waals surface area (Å²) < 4.78 is 5.61. The Morgan fingerprint density at radius 3 is 2.74 bits per heavy atom. The summed E-state index contributed by atoms with van der Waals surface area (Å²) in [7, 11) is 0. The van der Waals surface area contributed by atoms with E-state index in [1.165, 1.54) is 12.8 Å². The lowest BCUT2D eigenvalue weighted by atomic mass is 9.91. The van der Waals surface area contributed by atoms with Crippen LogP contribution in [-0.2, 0) is 9.53 Å². The topological polar surface area (TPSA) is 41.6 Å². The van der Waals surface area contributed by atoms with E-state index in [0.29, 0.717) is 18.3 Å². The van der Waals surface area contributed by atoms with Gasteiger partial charge in [0.1, 0.15) is 0 Å². The van der Waals surface area contributed by atoms with E-state index in [9.17, 15) is 4.79 Å². The first-order chi connectivity index (χ1) is 9.10. The molecule has 4 heteroatoms. The lowest BCUT2D eigenvalue weighted by Crippen LogP contribution is -2.57. The second-order valence-electron chi connectivity index (χ2n) is 6.25. The highest BCUT2D eigenvalue weighted by Crippen LogP contribution is 2.22.